The SMILES string of the molecule is CCCCCCCCCCCCCCCCCCCCCCCCCC(=O)O[C@H](COC(=O)CCCCCCCCCCCCCCCCC)COP(=O)(O)OCCN. The molecule has 59 heavy (non-hydrogen) atoms. The third-order valence-electron chi connectivity index (χ3n) is 11.5. The molecule has 0 radical (unpaired) electrons. The second kappa shape index (κ2) is 46.5. The Morgan fingerprint density at radius 2 is 0.729 bits per heavy atom. The van der Waals surface area contributed by atoms with Crippen molar-refractivity contribution in [3.05, 3.63) is 0 Å². The van der Waals surface area contributed by atoms with Crippen molar-refractivity contribution in [2.24, 2.45) is 5.73 Å². The fraction of sp³-hybridized carbons (Fsp3) is 0.959. The number of phosphoric acid groups is 1. The number of carbonyl (C=O) groups is 2. The van der Waals surface area contributed by atoms with Gasteiger partial charge in [0.1, 0.15) is 6.61 Å². The minimum atomic E-state index is -4.37. The lowest BCUT2D eigenvalue weighted by molar-refractivity contribution is -0.161. The highest BCUT2D eigenvalue weighted by atomic mass is 31.2. The van der Waals surface area contributed by atoms with E-state index in [1.54, 1.807) is 0 Å². The van der Waals surface area contributed by atoms with E-state index < -0.39 is 26.5 Å². The maximum Gasteiger partial charge on any atom is 0.472 e. The highest BCUT2D eigenvalue weighted by Gasteiger charge is 2.26. The van der Waals surface area contributed by atoms with Crippen LogP contribution in [0.5, 0.6) is 0 Å². The van der Waals surface area contributed by atoms with E-state index in [-0.39, 0.29) is 38.6 Å². The number of phosphoric ester groups is 1. The smallest absolute Gasteiger partial charge is 0.462 e. The van der Waals surface area contributed by atoms with E-state index >= 15 is 0 Å². The largest absolute Gasteiger partial charge is 0.472 e. The van der Waals surface area contributed by atoms with Crippen molar-refractivity contribution in [2.75, 3.05) is 26.4 Å². The second-order valence-electron chi connectivity index (χ2n) is 17.4. The van der Waals surface area contributed by atoms with Crippen molar-refractivity contribution in [3.63, 3.8) is 0 Å². The Labute approximate surface area is 365 Å². The number of esters is 2. The Hall–Kier alpha value is -0.990. The number of hydrogen-bond acceptors (Lipinski definition) is 8. The van der Waals surface area contributed by atoms with Gasteiger partial charge >= 0.3 is 19.8 Å². The Balaban J connectivity index is 3.96. The summed E-state index contributed by atoms with van der Waals surface area (Å²) in [6.45, 7) is 3.80. The van der Waals surface area contributed by atoms with Gasteiger partial charge in [-0.05, 0) is 12.8 Å². The van der Waals surface area contributed by atoms with Crippen molar-refractivity contribution >= 4 is 19.8 Å². The molecule has 0 aromatic heterocycles. The van der Waals surface area contributed by atoms with Crippen molar-refractivity contribution in [3.8, 4) is 0 Å². The number of ether oxygens (including phenoxy) is 2. The van der Waals surface area contributed by atoms with Gasteiger partial charge in [0.25, 0.3) is 0 Å². The second-order valence-corrected chi connectivity index (χ2v) is 18.9. The number of nitrogens with two attached hydrogens (primary N) is 1. The third kappa shape index (κ3) is 46.3. The molecule has 0 aliphatic heterocycles. The van der Waals surface area contributed by atoms with E-state index in [0.717, 1.165) is 32.1 Å². The molecule has 0 aliphatic carbocycles. The number of unbranched alkanes of at least 4 members (excludes halogenated alkanes) is 36. The van der Waals surface area contributed by atoms with E-state index in [4.69, 9.17) is 24.3 Å². The van der Waals surface area contributed by atoms with Crippen LogP contribution in [-0.2, 0) is 32.7 Å². The Morgan fingerprint density at radius 1 is 0.441 bits per heavy atom. The summed E-state index contributed by atoms with van der Waals surface area (Å²) in [7, 11) is -4.37. The van der Waals surface area contributed by atoms with Crippen LogP contribution in [0.1, 0.15) is 271 Å². The topological polar surface area (TPSA) is 134 Å². The van der Waals surface area contributed by atoms with Crippen LogP contribution in [0.15, 0.2) is 0 Å². The first-order chi connectivity index (χ1) is 28.8. The Kier molecular flexibility index (Phi) is 45.7. The molecule has 9 nitrogen and oxygen atoms in total. The van der Waals surface area contributed by atoms with Gasteiger partial charge in [0, 0.05) is 19.4 Å². The monoisotopic (exact) mass is 860 g/mol. The zero-order chi connectivity index (χ0) is 43.2. The predicted molar refractivity (Wildman–Crippen MR) is 248 cm³/mol. The first-order valence-corrected chi connectivity index (χ1v) is 27.0. The lowest BCUT2D eigenvalue weighted by Crippen LogP contribution is -2.29. The predicted octanol–water partition coefficient (Wildman–Crippen LogP) is 15.2. The van der Waals surface area contributed by atoms with Gasteiger partial charge in [-0.25, -0.2) is 4.57 Å². The quantitative estimate of drug-likeness (QED) is 0.0348. The average Bonchev–Trinajstić information content (AvgIpc) is 3.22. The molecule has 1 unspecified atom stereocenters. The summed E-state index contributed by atoms with van der Waals surface area (Å²) in [5.74, 6) is -0.807. The standard InChI is InChI=1S/C49H98NO8P/c1-3-5-7-9-11-13-15-17-19-20-21-22-23-24-25-26-28-30-32-34-36-38-40-42-49(52)58-47(46-57-59(53,54)56-44-43-50)45-55-48(51)41-39-37-35-33-31-29-27-18-16-14-12-10-8-6-4-2/h47H,3-46,50H2,1-2H3,(H,53,54)/t47-/m1/s1. The van der Waals surface area contributed by atoms with Gasteiger partial charge < -0.3 is 20.1 Å². The number of carbonyl (C=O) groups excluding carboxylic acids is 2. The zero-order valence-corrected chi connectivity index (χ0v) is 39.9. The summed E-state index contributed by atoms with van der Waals surface area (Å²) in [6, 6.07) is 0. The van der Waals surface area contributed by atoms with Gasteiger partial charge in [0.05, 0.1) is 13.2 Å². The Bertz CT molecular complexity index is 938. The van der Waals surface area contributed by atoms with Gasteiger partial charge in [0.2, 0.25) is 0 Å². The molecule has 0 aromatic carbocycles. The first kappa shape index (κ1) is 58.0. The van der Waals surface area contributed by atoms with Crippen LogP contribution in [-0.4, -0.2) is 49.3 Å². The van der Waals surface area contributed by atoms with E-state index in [0.29, 0.717) is 6.42 Å². The third-order valence-corrected chi connectivity index (χ3v) is 12.5. The van der Waals surface area contributed by atoms with Gasteiger partial charge in [-0.15, -0.1) is 0 Å². The molecule has 0 fully saturated rings. The maximum absolute atomic E-state index is 12.6. The van der Waals surface area contributed by atoms with E-state index in [1.807, 2.05) is 0 Å². The van der Waals surface area contributed by atoms with Crippen molar-refractivity contribution in [2.45, 2.75) is 277 Å². The molecule has 0 saturated carbocycles. The minimum Gasteiger partial charge on any atom is -0.462 e. The zero-order valence-electron chi connectivity index (χ0n) is 39.0. The molecule has 3 N–H and O–H groups in total. The molecule has 0 amide bonds. The molecular weight excluding hydrogens is 762 g/mol. The van der Waals surface area contributed by atoms with Crippen LogP contribution in [0.3, 0.4) is 0 Å². The van der Waals surface area contributed by atoms with E-state index in [1.165, 1.54) is 205 Å². The maximum atomic E-state index is 12.6. The highest BCUT2D eigenvalue weighted by molar-refractivity contribution is 7.47. The minimum absolute atomic E-state index is 0.0583. The number of hydrogen-bond donors (Lipinski definition) is 2. The summed E-state index contributed by atoms with van der Waals surface area (Å²) in [4.78, 5) is 35.0. The molecular formula is C49H98NO8P. The lowest BCUT2D eigenvalue weighted by Gasteiger charge is -2.19. The molecule has 0 heterocycles. The van der Waals surface area contributed by atoms with Crippen LogP contribution in [0.2, 0.25) is 0 Å². The summed E-state index contributed by atoms with van der Waals surface area (Å²) < 4.78 is 32.9. The van der Waals surface area contributed by atoms with E-state index in [9.17, 15) is 19.0 Å². The van der Waals surface area contributed by atoms with E-state index in [2.05, 4.69) is 13.8 Å². The fourth-order valence-electron chi connectivity index (χ4n) is 7.70. The molecule has 0 aromatic rings. The summed E-state index contributed by atoms with van der Waals surface area (Å²) in [5, 5.41) is 0. The molecule has 352 valence electrons. The van der Waals surface area contributed by atoms with Crippen LogP contribution >= 0.6 is 7.82 Å². The molecule has 0 spiro atoms. The van der Waals surface area contributed by atoms with Crippen molar-refractivity contribution in [1.29, 1.82) is 0 Å². The van der Waals surface area contributed by atoms with Crippen molar-refractivity contribution < 1.29 is 37.6 Å². The van der Waals surface area contributed by atoms with Crippen LogP contribution < -0.4 is 5.73 Å². The van der Waals surface area contributed by atoms with Crippen LogP contribution in [0, 0.1) is 0 Å². The number of rotatable bonds is 49. The summed E-state index contributed by atoms with van der Waals surface area (Å²) in [6.07, 6.45) is 48.6. The fourth-order valence-corrected chi connectivity index (χ4v) is 8.46. The summed E-state index contributed by atoms with van der Waals surface area (Å²) in [5.41, 5.74) is 5.36. The first-order valence-electron chi connectivity index (χ1n) is 25.5. The van der Waals surface area contributed by atoms with Gasteiger partial charge in [0.15, 0.2) is 6.10 Å². The molecule has 0 bridgehead atoms. The van der Waals surface area contributed by atoms with Gasteiger partial charge in [-0.1, -0.05) is 245 Å². The molecule has 0 rings (SSSR count). The van der Waals surface area contributed by atoms with Gasteiger partial charge in [-0.3, -0.25) is 18.6 Å². The average molecular weight is 860 g/mol. The molecule has 0 aliphatic rings. The van der Waals surface area contributed by atoms with Crippen LogP contribution in [0.4, 0.5) is 0 Å². The highest BCUT2D eigenvalue weighted by Crippen LogP contribution is 2.43. The summed E-state index contributed by atoms with van der Waals surface area (Å²) >= 11 is 0. The molecule has 2 atom stereocenters. The van der Waals surface area contributed by atoms with Gasteiger partial charge in [-0.2, -0.15) is 0 Å². The molecule has 10 heteroatoms. The Morgan fingerprint density at radius 3 is 1.03 bits per heavy atom. The van der Waals surface area contributed by atoms with Crippen molar-refractivity contribution in [1.82, 2.24) is 0 Å². The van der Waals surface area contributed by atoms with Crippen LogP contribution in [0.25, 0.3) is 0 Å². The molecule has 0 saturated heterocycles. The normalized spacial score (nSPS) is 13.1. The lowest BCUT2D eigenvalue weighted by atomic mass is 10.0.